The Morgan fingerprint density at radius 3 is 2.62 bits per heavy atom. The Labute approximate surface area is 132 Å². The van der Waals surface area contributed by atoms with Crippen molar-refractivity contribution >= 4 is 17.4 Å². The van der Waals surface area contributed by atoms with Crippen molar-refractivity contribution in [3.05, 3.63) is 17.3 Å². The van der Waals surface area contributed by atoms with E-state index in [1.165, 1.54) is 0 Å². The van der Waals surface area contributed by atoms with Gasteiger partial charge in [0.15, 0.2) is 11.0 Å². The van der Waals surface area contributed by atoms with Crippen molar-refractivity contribution in [1.82, 2.24) is 15.5 Å². The van der Waals surface area contributed by atoms with E-state index in [4.69, 9.17) is 16.3 Å². The number of hydrogen-bond acceptors (Lipinski definition) is 5. The van der Waals surface area contributed by atoms with Gasteiger partial charge in [0.25, 0.3) is 0 Å². The summed E-state index contributed by atoms with van der Waals surface area (Å²) in [6.07, 6.45) is 3.87. The maximum atomic E-state index is 5.75. The highest BCUT2D eigenvalue weighted by molar-refractivity contribution is 6.29. The van der Waals surface area contributed by atoms with Crippen molar-refractivity contribution in [2.45, 2.75) is 51.3 Å². The molecule has 2 fully saturated rings. The molecule has 5 nitrogen and oxygen atoms in total. The van der Waals surface area contributed by atoms with Gasteiger partial charge in [-0.25, -0.2) is 0 Å². The Morgan fingerprint density at radius 1 is 1.24 bits per heavy atom. The SMILES string of the molecule is CC.COC1CC(NC2CCN(c3ccc(Cl)nn3)C2)C1. The van der Waals surface area contributed by atoms with Gasteiger partial charge in [0.2, 0.25) is 0 Å². The maximum Gasteiger partial charge on any atom is 0.151 e. The summed E-state index contributed by atoms with van der Waals surface area (Å²) in [5.41, 5.74) is 0. The fraction of sp³-hybridized carbons (Fsp3) is 0.733. The molecule has 21 heavy (non-hydrogen) atoms. The number of rotatable bonds is 4. The van der Waals surface area contributed by atoms with E-state index >= 15 is 0 Å². The molecule has 0 spiro atoms. The molecule has 0 amide bonds. The Kier molecular flexibility index (Phi) is 6.21. The van der Waals surface area contributed by atoms with E-state index in [0.29, 0.717) is 23.3 Å². The number of aromatic nitrogens is 2. The van der Waals surface area contributed by atoms with E-state index in [0.717, 1.165) is 38.2 Å². The van der Waals surface area contributed by atoms with Crippen LogP contribution in [0.4, 0.5) is 5.82 Å². The van der Waals surface area contributed by atoms with Crippen LogP contribution in [0, 0.1) is 0 Å². The molecule has 118 valence electrons. The van der Waals surface area contributed by atoms with Crippen molar-refractivity contribution in [3.63, 3.8) is 0 Å². The lowest BCUT2D eigenvalue weighted by atomic mass is 9.88. The topological polar surface area (TPSA) is 50.3 Å². The molecule has 1 aliphatic carbocycles. The van der Waals surface area contributed by atoms with Gasteiger partial charge >= 0.3 is 0 Å². The van der Waals surface area contributed by atoms with Crippen molar-refractivity contribution in [2.75, 3.05) is 25.1 Å². The summed E-state index contributed by atoms with van der Waals surface area (Å²) >= 11 is 5.75. The van der Waals surface area contributed by atoms with E-state index in [9.17, 15) is 0 Å². The minimum atomic E-state index is 0.442. The van der Waals surface area contributed by atoms with Crippen molar-refractivity contribution in [2.24, 2.45) is 0 Å². The van der Waals surface area contributed by atoms with E-state index in [1.807, 2.05) is 19.9 Å². The molecule has 1 aliphatic heterocycles. The summed E-state index contributed by atoms with van der Waals surface area (Å²) in [5, 5.41) is 12.2. The molecule has 1 unspecified atom stereocenters. The van der Waals surface area contributed by atoms with Gasteiger partial charge in [-0.2, -0.15) is 0 Å². The average molecular weight is 313 g/mol. The third kappa shape index (κ3) is 4.28. The van der Waals surface area contributed by atoms with Crippen LogP contribution in [0.15, 0.2) is 12.1 Å². The van der Waals surface area contributed by atoms with Gasteiger partial charge < -0.3 is 15.0 Å². The van der Waals surface area contributed by atoms with Gasteiger partial charge in [0, 0.05) is 32.3 Å². The molecule has 2 heterocycles. The zero-order valence-electron chi connectivity index (χ0n) is 13.1. The lowest BCUT2D eigenvalue weighted by Crippen LogP contribution is -2.49. The smallest absolute Gasteiger partial charge is 0.151 e. The molecule has 1 aromatic heterocycles. The summed E-state index contributed by atoms with van der Waals surface area (Å²) in [6.45, 7) is 6.01. The molecule has 6 heteroatoms. The van der Waals surface area contributed by atoms with E-state index in [1.54, 1.807) is 13.2 Å². The molecule has 0 aromatic carbocycles. The first-order chi connectivity index (χ1) is 10.2. The highest BCUT2D eigenvalue weighted by atomic mass is 35.5. The number of nitrogens with zero attached hydrogens (tertiary/aromatic N) is 3. The lowest BCUT2D eigenvalue weighted by Gasteiger charge is -2.36. The van der Waals surface area contributed by atoms with Crippen LogP contribution < -0.4 is 10.2 Å². The minimum absolute atomic E-state index is 0.442. The van der Waals surface area contributed by atoms with Crippen LogP contribution in [0.5, 0.6) is 0 Å². The summed E-state index contributed by atoms with van der Waals surface area (Å²) in [5.74, 6) is 0.914. The van der Waals surface area contributed by atoms with Crippen molar-refractivity contribution in [3.8, 4) is 0 Å². The van der Waals surface area contributed by atoms with E-state index < -0.39 is 0 Å². The zero-order valence-corrected chi connectivity index (χ0v) is 13.8. The van der Waals surface area contributed by atoms with Gasteiger partial charge in [-0.05, 0) is 31.4 Å². The van der Waals surface area contributed by atoms with Crippen molar-refractivity contribution < 1.29 is 4.74 Å². The second kappa shape index (κ2) is 7.92. The largest absolute Gasteiger partial charge is 0.381 e. The minimum Gasteiger partial charge on any atom is -0.381 e. The van der Waals surface area contributed by atoms with Crippen LogP contribution in [0.1, 0.15) is 33.1 Å². The standard InChI is InChI=1S/C13H19ClN4O.C2H6/c1-19-11-6-10(7-11)15-9-4-5-18(8-9)13-3-2-12(14)16-17-13;1-2/h2-3,9-11,15H,4-8H2,1H3;1-2H3. The summed E-state index contributed by atoms with van der Waals surface area (Å²) < 4.78 is 5.30. The number of ether oxygens (including phenoxy) is 1. The molecule has 0 radical (unpaired) electrons. The van der Waals surface area contributed by atoms with Gasteiger partial charge in [-0.3, -0.25) is 0 Å². The van der Waals surface area contributed by atoms with E-state index in [-0.39, 0.29) is 0 Å². The number of methoxy groups -OCH3 is 1. The van der Waals surface area contributed by atoms with Gasteiger partial charge in [0.1, 0.15) is 0 Å². The molecule has 0 bridgehead atoms. The highest BCUT2D eigenvalue weighted by Gasteiger charge is 2.32. The number of anilines is 1. The normalized spacial score (nSPS) is 27.8. The number of nitrogens with one attached hydrogen (secondary N) is 1. The highest BCUT2D eigenvalue weighted by Crippen LogP contribution is 2.25. The number of hydrogen-bond donors (Lipinski definition) is 1. The Bertz CT molecular complexity index is 422. The first kappa shape index (κ1) is 16.5. The lowest BCUT2D eigenvalue weighted by molar-refractivity contribution is 0.0149. The third-order valence-electron chi connectivity index (χ3n) is 4.03. The number of halogens is 1. The monoisotopic (exact) mass is 312 g/mol. The summed E-state index contributed by atoms with van der Waals surface area (Å²) in [7, 11) is 1.79. The first-order valence-electron chi connectivity index (χ1n) is 7.77. The van der Waals surface area contributed by atoms with Gasteiger partial charge in [-0.1, -0.05) is 25.4 Å². The van der Waals surface area contributed by atoms with Gasteiger partial charge in [0.05, 0.1) is 6.10 Å². The van der Waals surface area contributed by atoms with Crippen molar-refractivity contribution in [1.29, 1.82) is 0 Å². The molecule has 1 aromatic rings. The fourth-order valence-electron chi connectivity index (χ4n) is 2.81. The Hall–Kier alpha value is -0.910. The average Bonchev–Trinajstić information content (AvgIpc) is 2.94. The first-order valence-corrected chi connectivity index (χ1v) is 8.15. The van der Waals surface area contributed by atoms with E-state index in [2.05, 4.69) is 20.4 Å². The fourth-order valence-corrected chi connectivity index (χ4v) is 2.91. The zero-order chi connectivity index (χ0) is 15.2. The molecule has 1 atom stereocenters. The molecule has 2 aliphatic rings. The maximum absolute atomic E-state index is 5.75. The van der Waals surface area contributed by atoms with Crippen LogP contribution in [0.3, 0.4) is 0 Å². The molecule has 1 saturated carbocycles. The molecular weight excluding hydrogens is 288 g/mol. The molecular formula is C15H25ClN4O. The third-order valence-corrected chi connectivity index (χ3v) is 4.23. The summed E-state index contributed by atoms with van der Waals surface area (Å²) in [6, 6.07) is 4.88. The quantitative estimate of drug-likeness (QED) is 0.925. The van der Waals surface area contributed by atoms with Crippen LogP contribution in [-0.4, -0.2) is 48.6 Å². The Balaban J connectivity index is 0.000000774. The van der Waals surface area contributed by atoms with Crippen LogP contribution in [-0.2, 0) is 4.74 Å². The van der Waals surface area contributed by atoms with Crippen LogP contribution >= 0.6 is 11.6 Å². The summed E-state index contributed by atoms with van der Waals surface area (Å²) in [4.78, 5) is 2.26. The molecule has 1 saturated heterocycles. The molecule has 1 N–H and O–H groups in total. The predicted molar refractivity (Wildman–Crippen MR) is 86.0 cm³/mol. The Morgan fingerprint density at radius 2 is 2.00 bits per heavy atom. The second-order valence-corrected chi connectivity index (χ2v) is 5.73. The van der Waals surface area contributed by atoms with Crippen LogP contribution in [0.25, 0.3) is 0 Å². The second-order valence-electron chi connectivity index (χ2n) is 5.34. The van der Waals surface area contributed by atoms with Gasteiger partial charge in [-0.15, -0.1) is 10.2 Å². The van der Waals surface area contributed by atoms with Crippen LogP contribution in [0.2, 0.25) is 5.15 Å². The predicted octanol–water partition coefficient (Wildman–Crippen LogP) is 2.50. The molecule has 3 rings (SSSR count).